The van der Waals surface area contributed by atoms with Crippen LogP contribution in [0.4, 0.5) is 10.1 Å². The lowest BCUT2D eigenvalue weighted by molar-refractivity contribution is 0.0466. The smallest absolute Gasteiger partial charge is 0.344 e. The number of rotatable bonds is 4. The number of hydrogen-bond acceptors (Lipinski definition) is 4. The number of hydrogen-bond donors (Lipinski definition) is 1. The number of ether oxygens (including phenoxy) is 2. The molecule has 0 aliphatic rings. The second-order valence-corrected chi connectivity index (χ2v) is 4.67. The lowest BCUT2D eigenvalue weighted by Crippen LogP contribution is -2.10. The SMILES string of the molecule is COc1cccc(N)c1C(=O)OCc1ccc(Cl)cc1F. The molecule has 0 aliphatic heterocycles. The number of carbonyl (C=O) groups is 1. The first-order valence-corrected chi connectivity index (χ1v) is 6.44. The maximum Gasteiger partial charge on any atom is 0.344 e. The fourth-order valence-corrected chi connectivity index (χ4v) is 1.95. The first-order valence-electron chi connectivity index (χ1n) is 6.06. The molecule has 2 rings (SSSR count). The summed E-state index contributed by atoms with van der Waals surface area (Å²) >= 11 is 5.66. The Morgan fingerprint density at radius 1 is 1.33 bits per heavy atom. The van der Waals surface area contributed by atoms with Gasteiger partial charge in [-0.15, -0.1) is 0 Å². The van der Waals surface area contributed by atoms with E-state index in [0.717, 1.165) is 6.07 Å². The molecule has 0 unspecified atom stereocenters. The van der Waals surface area contributed by atoms with E-state index in [1.54, 1.807) is 18.2 Å². The van der Waals surface area contributed by atoms with E-state index >= 15 is 0 Å². The van der Waals surface area contributed by atoms with Gasteiger partial charge >= 0.3 is 5.97 Å². The van der Waals surface area contributed by atoms with Crippen LogP contribution in [0.15, 0.2) is 36.4 Å². The van der Waals surface area contributed by atoms with E-state index in [1.807, 2.05) is 0 Å². The summed E-state index contributed by atoms with van der Waals surface area (Å²) in [5.41, 5.74) is 6.32. The summed E-state index contributed by atoms with van der Waals surface area (Å²) in [7, 11) is 1.42. The van der Waals surface area contributed by atoms with Gasteiger partial charge in [-0.05, 0) is 24.3 Å². The summed E-state index contributed by atoms with van der Waals surface area (Å²) in [5.74, 6) is -0.917. The van der Waals surface area contributed by atoms with Crippen molar-refractivity contribution < 1.29 is 18.7 Å². The van der Waals surface area contributed by atoms with Crippen molar-refractivity contribution in [3.8, 4) is 5.75 Å². The Morgan fingerprint density at radius 3 is 2.76 bits per heavy atom. The van der Waals surface area contributed by atoms with Crippen LogP contribution < -0.4 is 10.5 Å². The average Bonchev–Trinajstić information content (AvgIpc) is 2.45. The maximum atomic E-state index is 13.6. The Balaban J connectivity index is 2.16. The van der Waals surface area contributed by atoms with Crippen molar-refractivity contribution in [1.82, 2.24) is 0 Å². The van der Waals surface area contributed by atoms with E-state index in [0.29, 0.717) is 5.75 Å². The molecule has 0 aliphatic carbocycles. The van der Waals surface area contributed by atoms with Gasteiger partial charge in [0.1, 0.15) is 23.7 Å². The number of anilines is 1. The fraction of sp³-hybridized carbons (Fsp3) is 0.133. The minimum Gasteiger partial charge on any atom is -0.496 e. The van der Waals surface area contributed by atoms with Crippen molar-refractivity contribution in [1.29, 1.82) is 0 Å². The molecule has 0 saturated heterocycles. The summed E-state index contributed by atoms with van der Waals surface area (Å²) in [6.45, 7) is -0.223. The van der Waals surface area contributed by atoms with Crippen LogP contribution in [0.25, 0.3) is 0 Å². The van der Waals surface area contributed by atoms with E-state index in [-0.39, 0.29) is 28.4 Å². The predicted molar refractivity (Wildman–Crippen MR) is 77.9 cm³/mol. The summed E-state index contributed by atoms with van der Waals surface area (Å²) in [5, 5.41) is 0.275. The molecule has 0 heterocycles. The molecule has 110 valence electrons. The molecule has 6 heteroatoms. The van der Waals surface area contributed by atoms with Gasteiger partial charge in [-0.2, -0.15) is 0 Å². The van der Waals surface area contributed by atoms with Gasteiger partial charge in [-0.1, -0.05) is 23.7 Å². The van der Waals surface area contributed by atoms with Crippen LogP contribution in [-0.2, 0) is 11.3 Å². The zero-order chi connectivity index (χ0) is 15.4. The number of benzene rings is 2. The minimum absolute atomic E-state index is 0.120. The van der Waals surface area contributed by atoms with Gasteiger partial charge in [0, 0.05) is 16.3 Å². The summed E-state index contributed by atoms with van der Waals surface area (Å²) in [6.07, 6.45) is 0. The third-order valence-corrected chi connectivity index (χ3v) is 3.09. The molecule has 0 saturated carbocycles. The van der Waals surface area contributed by atoms with Crippen LogP contribution >= 0.6 is 11.6 Å². The number of nitrogens with two attached hydrogens (primary N) is 1. The second kappa shape index (κ2) is 6.45. The molecular weight excluding hydrogens is 297 g/mol. The normalized spacial score (nSPS) is 10.2. The molecule has 0 bridgehead atoms. The van der Waals surface area contributed by atoms with Crippen molar-refractivity contribution in [2.75, 3.05) is 12.8 Å². The van der Waals surface area contributed by atoms with Gasteiger partial charge < -0.3 is 15.2 Å². The fourth-order valence-electron chi connectivity index (χ4n) is 1.79. The molecule has 2 aromatic carbocycles. The Bertz CT molecular complexity index is 676. The summed E-state index contributed by atoms with van der Waals surface area (Å²) < 4.78 is 23.7. The maximum absolute atomic E-state index is 13.6. The Labute approximate surface area is 126 Å². The highest BCUT2D eigenvalue weighted by Gasteiger charge is 2.18. The van der Waals surface area contributed by atoms with E-state index in [9.17, 15) is 9.18 Å². The van der Waals surface area contributed by atoms with Crippen LogP contribution in [-0.4, -0.2) is 13.1 Å². The van der Waals surface area contributed by atoms with Crippen molar-refractivity contribution in [3.63, 3.8) is 0 Å². The Morgan fingerprint density at radius 2 is 2.10 bits per heavy atom. The predicted octanol–water partition coefficient (Wildman–Crippen LogP) is 3.43. The topological polar surface area (TPSA) is 61.5 Å². The molecule has 4 nitrogen and oxygen atoms in total. The Hall–Kier alpha value is -2.27. The van der Waals surface area contributed by atoms with Gasteiger partial charge in [0.2, 0.25) is 0 Å². The van der Waals surface area contributed by atoms with Crippen LogP contribution in [0.3, 0.4) is 0 Å². The minimum atomic E-state index is -0.681. The van der Waals surface area contributed by atoms with Gasteiger partial charge in [0.25, 0.3) is 0 Å². The van der Waals surface area contributed by atoms with E-state index in [4.69, 9.17) is 26.8 Å². The molecule has 0 spiro atoms. The van der Waals surface area contributed by atoms with Crippen LogP contribution in [0.5, 0.6) is 5.75 Å². The van der Waals surface area contributed by atoms with Crippen molar-refractivity contribution in [3.05, 3.63) is 58.4 Å². The third kappa shape index (κ3) is 3.44. The number of carbonyl (C=O) groups excluding carboxylic acids is 1. The van der Waals surface area contributed by atoms with E-state index < -0.39 is 11.8 Å². The standard InChI is InChI=1S/C15H13ClFNO3/c1-20-13-4-2-3-12(18)14(13)15(19)21-8-9-5-6-10(16)7-11(9)17/h2-7H,8,18H2,1H3. The van der Waals surface area contributed by atoms with Gasteiger partial charge in [-0.3, -0.25) is 0 Å². The lowest BCUT2D eigenvalue weighted by Gasteiger charge is -2.11. The van der Waals surface area contributed by atoms with Crippen LogP contribution in [0, 0.1) is 5.82 Å². The molecule has 2 aromatic rings. The lowest BCUT2D eigenvalue weighted by atomic mass is 10.1. The zero-order valence-corrected chi connectivity index (χ0v) is 12.0. The number of methoxy groups -OCH3 is 1. The van der Waals surface area contributed by atoms with Gasteiger partial charge in [-0.25, -0.2) is 9.18 Å². The molecule has 0 fully saturated rings. The highest BCUT2D eigenvalue weighted by molar-refractivity contribution is 6.30. The van der Waals surface area contributed by atoms with E-state index in [1.165, 1.54) is 19.2 Å². The summed E-state index contributed by atoms with van der Waals surface area (Å²) in [4.78, 5) is 12.1. The number of halogens is 2. The number of esters is 1. The largest absolute Gasteiger partial charge is 0.496 e. The molecule has 0 aromatic heterocycles. The van der Waals surface area contributed by atoms with Crippen molar-refractivity contribution in [2.24, 2.45) is 0 Å². The monoisotopic (exact) mass is 309 g/mol. The summed E-state index contributed by atoms with van der Waals surface area (Å²) in [6, 6.07) is 8.94. The third-order valence-electron chi connectivity index (χ3n) is 2.86. The highest BCUT2D eigenvalue weighted by Crippen LogP contribution is 2.25. The number of nitrogen functional groups attached to an aromatic ring is 1. The van der Waals surface area contributed by atoms with Crippen LogP contribution in [0.1, 0.15) is 15.9 Å². The average molecular weight is 310 g/mol. The molecule has 0 atom stereocenters. The van der Waals surface area contributed by atoms with Gasteiger partial charge in [0.05, 0.1) is 7.11 Å². The molecule has 2 N–H and O–H groups in total. The quantitative estimate of drug-likeness (QED) is 0.694. The molecule has 0 amide bonds. The van der Waals surface area contributed by atoms with Crippen LogP contribution in [0.2, 0.25) is 5.02 Å². The van der Waals surface area contributed by atoms with E-state index in [2.05, 4.69) is 0 Å². The van der Waals surface area contributed by atoms with Crippen molar-refractivity contribution in [2.45, 2.75) is 6.61 Å². The second-order valence-electron chi connectivity index (χ2n) is 4.24. The Kier molecular flexibility index (Phi) is 4.65. The zero-order valence-electron chi connectivity index (χ0n) is 11.2. The molecule has 0 radical (unpaired) electrons. The molecule has 21 heavy (non-hydrogen) atoms. The molecular formula is C15H13ClFNO3. The highest BCUT2D eigenvalue weighted by atomic mass is 35.5. The van der Waals surface area contributed by atoms with Gasteiger partial charge in [0.15, 0.2) is 0 Å². The van der Waals surface area contributed by atoms with Crippen molar-refractivity contribution >= 4 is 23.3 Å². The first-order chi connectivity index (χ1) is 10.0. The first kappa shape index (κ1) is 15.1.